The molecule has 0 saturated carbocycles. The first-order valence-electron chi connectivity index (χ1n) is 10.9. The molecule has 0 radical (unpaired) electrons. The summed E-state index contributed by atoms with van der Waals surface area (Å²) in [7, 11) is 0. The summed E-state index contributed by atoms with van der Waals surface area (Å²) in [5.41, 5.74) is 3.19. The van der Waals surface area contributed by atoms with Crippen molar-refractivity contribution in [3.8, 4) is 0 Å². The summed E-state index contributed by atoms with van der Waals surface area (Å²) in [5, 5.41) is 2.56. The van der Waals surface area contributed by atoms with Crippen LogP contribution in [0.2, 0.25) is 0 Å². The van der Waals surface area contributed by atoms with Crippen LogP contribution < -0.4 is 4.90 Å². The van der Waals surface area contributed by atoms with E-state index < -0.39 is 0 Å². The molecular formula is C27H25N3O. The summed E-state index contributed by atoms with van der Waals surface area (Å²) < 4.78 is 0. The summed E-state index contributed by atoms with van der Waals surface area (Å²) in [5.74, 6) is 1.26. The minimum Gasteiger partial charge on any atom is -0.356 e. The number of aromatic nitrogens is 2. The lowest BCUT2D eigenvalue weighted by molar-refractivity contribution is 0.103. The van der Waals surface area contributed by atoms with Gasteiger partial charge in [0, 0.05) is 36.5 Å². The SMILES string of the molecule is Cc1ncccc1C(=O)c1cccc(N2CCCC(c3ccc4ccccc4c3)C2)n1. The number of nitrogens with zero attached hydrogens (tertiary/aromatic N) is 3. The fraction of sp³-hybridized carbons (Fsp3) is 0.222. The molecule has 1 saturated heterocycles. The number of fused-ring (bicyclic) bond motifs is 1. The standard InChI is InChI=1S/C27H25N3O/c1-19-24(10-5-15-28-19)27(31)25-11-4-12-26(29-25)30-16-6-9-23(18-30)22-14-13-20-7-2-3-8-21(20)17-22/h2-5,7-8,10-15,17,23H,6,9,16,18H2,1H3. The molecule has 4 aromatic rings. The van der Waals surface area contributed by atoms with Crippen LogP contribution in [0.3, 0.4) is 0 Å². The summed E-state index contributed by atoms with van der Waals surface area (Å²) in [4.78, 5) is 24.3. The highest BCUT2D eigenvalue weighted by Gasteiger charge is 2.23. The highest BCUT2D eigenvalue weighted by Crippen LogP contribution is 2.31. The minimum absolute atomic E-state index is 0.0736. The molecule has 4 nitrogen and oxygen atoms in total. The zero-order chi connectivity index (χ0) is 21.2. The van der Waals surface area contributed by atoms with E-state index in [9.17, 15) is 4.79 Å². The van der Waals surface area contributed by atoms with Crippen molar-refractivity contribution in [2.75, 3.05) is 18.0 Å². The van der Waals surface area contributed by atoms with Gasteiger partial charge >= 0.3 is 0 Å². The number of hydrogen-bond donors (Lipinski definition) is 0. The first kappa shape index (κ1) is 19.4. The monoisotopic (exact) mass is 407 g/mol. The van der Waals surface area contributed by atoms with Gasteiger partial charge in [0.1, 0.15) is 11.5 Å². The van der Waals surface area contributed by atoms with Crippen LogP contribution >= 0.6 is 0 Å². The number of pyridine rings is 2. The second kappa shape index (κ2) is 8.31. The molecule has 1 unspecified atom stereocenters. The molecule has 1 atom stereocenters. The van der Waals surface area contributed by atoms with Crippen LogP contribution in [-0.2, 0) is 0 Å². The lowest BCUT2D eigenvalue weighted by atomic mass is 9.89. The van der Waals surface area contributed by atoms with E-state index in [1.54, 1.807) is 18.3 Å². The average Bonchev–Trinajstić information content (AvgIpc) is 2.84. The van der Waals surface area contributed by atoms with Gasteiger partial charge in [-0.1, -0.05) is 48.5 Å². The van der Waals surface area contributed by atoms with Crippen molar-refractivity contribution in [2.45, 2.75) is 25.7 Å². The van der Waals surface area contributed by atoms with E-state index in [4.69, 9.17) is 4.98 Å². The van der Waals surface area contributed by atoms with Crippen LogP contribution in [0.25, 0.3) is 10.8 Å². The van der Waals surface area contributed by atoms with E-state index >= 15 is 0 Å². The van der Waals surface area contributed by atoms with Gasteiger partial charge in [-0.2, -0.15) is 0 Å². The molecule has 2 aromatic heterocycles. The van der Waals surface area contributed by atoms with Crippen molar-refractivity contribution in [2.24, 2.45) is 0 Å². The second-order valence-electron chi connectivity index (χ2n) is 8.24. The van der Waals surface area contributed by atoms with Crippen molar-refractivity contribution in [3.63, 3.8) is 0 Å². The number of carbonyl (C=O) groups is 1. The molecule has 5 rings (SSSR count). The molecule has 154 valence electrons. The van der Waals surface area contributed by atoms with E-state index in [1.165, 1.54) is 22.8 Å². The maximum atomic E-state index is 13.0. The van der Waals surface area contributed by atoms with Gasteiger partial charge in [0.2, 0.25) is 5.78 Å². The number of anilines is 1. The predicted octanol–water partition coefficient (Wildman–Crippen LogP) is 5.55. The molecule has 31 heavy (non-hydrogen) atoms. The van der Waals surface area contributed by atoms with Gasteiger partial charge in [0.15, 0.2) is 0 Å². The highest BCUT2D eigenvalue weighted by atomic mass is 16.1. The number of aryl methyl sites for hydroxylation is 1. The Morgan fingerprint density at radius 2 is 1.84 bits per heavy atom. The van der Waals surface area contributed by atoms with Gasteiger partial charge in [0.25, 0.3) is 0 Å². The Morgan fingerprint density at radius 1 is 0.968 bits per heavy atom. The maximum absolute atomic E-state index is 13.0. The van der Waals surface area contributed by atoms with Crippen molar-refractivity contribution < 1.29 is 4.79 Å². The predicted molar refractivity (Wildman–Crippen MR) is 125 cm³/mol. The number of hydrogen-bond acceptors (Lipinski definition) is 4. The van der Waals surface area contributed by atoms with Crippen LogP contribution in [0, 0.1) is 6.92 Å². The van der Waals surface area contributed by atoms with Crippen molar-refractivity contribution in [1.29, 1.82) is 0 Å². The molecule has 1 aliphatic heterocycles. The van der Waals surface area contributed by atoms with E-state index in [2.05, 4.69) is 52.3 Å². The Balaban J connectivity index is 1.39. The van der Waals surface area contributed by atoms with E-state index in [1.807, 2.05) is 25.1 Å². The fourth-order valence-corrected chi connectivity index (χ4v) is 4.51. The molecule has 0 spiro atoms. The summed E-state index contributed by atoms with van der Waals surface area (Å²) >= 11 is 0. The normalized spacial score (nSPS) is 16.4. The number of benzene rings is 2. The maximum Gasteiger partial charge on any atom is 0.213 e. The molecular weight excluding hydrogens is 382 g/mol. The van der Waals surface area contributed by atoms with E-state index in [0.29, 0.717) is 17.2 Å². The minimum atomic E-state index is -0.0736. The largest absolute Gasteiger partial charge is 0.356 e. The number of carbonyl (C=O) groups excluding carboxylic acids is 1. The lowest BCUT2D eigenvalue weighted by Gasteiger charge is -2.34. The van der Waals surface area contributed by atoms with Crippen LogP contribution in [0.15, 0.2) is 79.0 Å². The van der Waals surface area contributed by atoms with Crippen molar-refractivity contribution in [3.05, 3.63) is 102 Å². The molecule has 4 heteroatoms. The van der Waals surface area contributed by atoms with Gasteiger partial charge < -0.3 is 4.90 Å². The Hall–Kier alpha value is -3.53. The van der Waals surface area contributed by atoms with Crippen molar-refractivity contribution >= 4 is 22.4 Å². The summed E-state index contributed by atoms with van der Waals surface area (Å²) in [6, 6.07) is 24.7. The molecule has 0 N–H and O–H groups in total. The Bertz CT molecular complexity index is 1250. The lowest BCUT2D eigenvalue weighted by Crippen LogP contribution is -2.35. The zero-order valence-corrected chi connectivity index (χ0v) is 17.7. The molecule has 0 aliphatic carbocycles. The topological polar surface area (TPSA) is 46.1 Å². The summed E-state index contributed by atoms with van der Waals surface area (Å²) in [6.07, 6.45) is 3.98. The van der Waals surface area contributed by atoms with E-state index in [-0.39, 0.29) is 5.78 Å². The van der Waals surface area contributed by atoms with Crippen molar-refractivity contribution in [1.82, 2.24) is 9.97 Å². The Morgan fingerprint density at radius 3 is 2.71 bits per heavy atom. The molecule has 2 aromatic carbocycles. The molecule has 3 heterocycles. The van der Waals surface area contributed by atoms with E-state index in [0.717, 1.165) is 31.0 Å². The van der Waals surface area contributed by atoms with Gasteiger partial charge in [-0.05, 0) is 60.4 Å². The first-order valence-corrected chi connectivity index (χ1v) is 10.9. The molecule has 1 aliphatic rings. The third-order valence-corrected chi connectivity index (χ3v) is 6.21. The molecule has 0 amide bonds. The van der Waals surface area contributed by atoms with Crippen LogP contribution in [0.4, 0.5) is 5.82 Å². The summed E-state index contributed by atoms with van der Waals surface area (Å²) in [6.45, 7) is 3.73. The smallest absolute Gasteiger partial charge is 0.213 e. The molecule has 1 fully saturated rings. The zero-order valence-electron chi connectivity index (χ0n) is 17.7. The van der Waals surface area contributed by atoms with Gasteiger partial charge in [-0.3, -0.25) is 9.78 Å². The third-order valence-electron chi connectivity index (χ3n) is 6.21. The fourth-order valence-electron chi connectivity index (χ4n) is 4.51. The quantitative estimate of drug-likeness (QED) is 0.416. The van der Waals surface area contributed by atoms with Gasteiger partial charge in [0.05, 0.1) is 0 Å². The Labute approximate surface area is 182 Å². The molecule has 0 bridgehead atoms. The first-order chi connectivity index (χ1) is 15.2. The van der Waals surface area contributed by atoms with Crippen LogP contribution in [0.5, 0.6) is 0 Å². The van der Waals surface area contributed by atoms with Gasteiger partial charge in [-0.25, -0.2) is 4.98 Å². The van der Waals surface area contributed by atoms with Crippen LogP contribution in [-0.4, -0.2) is 28.8 Å². The number of rotatable bonds is 4. The Kier molecular flexibility index (Phi) is 5.21. The number of piperidine rings is 1. The van der Waals surface area contributed by atoms with Gasteiger partial charge in [-0.15, -0.1) is 0 Å². The van der Waals surface area contributed by atoms with Crippen LogP contribution in [0.1, 0.15) is 46.1 Å². The third kappa shape index (κ3) is 3.93. The second-order valence-corrected chi connectivity index (χ2v) is 8.24. The average molecular weight is 408 g/mol. The highest BCUT2D eigenvalue weighted by molar-refractivity contribution is 6.08. The number of ketones is 1.